The molecule has 6 nitrogen and oxygen atoms in total. The monoisotopic (exact) mass is 227 g/mol. The molecule has 0 unspecified atom stereocenters. The van der Waals surface area contributed by atoms with Crippen molar-refractivity contribution in [1.82, 2.24) is 5.32 Å². The lowest BCUT2D eigenvalue weighted by atomic mass is 10.2. The number of rotatable bonds is 3. The topological polar surface area (TPSA) is 116 Å². The minimum absolute atomic E-state index is 0.0880. The van der Waals surface area contributed by atoms with Gasteiger partial charge in [0.05, 0.1) is 12.5 Å². The quantitative estimate of drug-likeness (QED) is 0.626. The van der Waals surface area contributed by atoms with Crippen molar-refractivity contribution in [3.8, 4) is 6.07 Å². The lowest BCUT2D eigenvalue weighted by molar-refractivity contribution is -0.140. The number of nitrogens with zero attached hydrogens (tertiary/aromatic N) is 1. The highest BCUT2D eigenvalue weighted by atomic mass is 16.4. The van der Waals surface area contributed by atoms with E-state index in [2.05, 4.69) is 5.32 Å². The van der Waals surface area contributed by atoms with E-state index in [0.717, 1.165) is 6.42 Å². The van der Waals surface area contributed by atoms with Crippen LogP contribution in [0.5, 0.6) is 0 Å². The minimum atomic E-state index is -0.944. The van der Waals surface area contributed by atoms with Crippen LogP contribution in [0.2, 0.25) is 0 Å². The van der Waals surface area contributed by atoms with Crippen molar-refractivity contribution in [2.75, 3.05) is 0 Å². The lowest BCUT2D eigenvalue weighted by Gasteiger charge is -1.99. The van der Waals surface area contributed by atoms with Crippen LogP contribution in [-0.4, -0.2) is 29.1 Å². The summed E-state index contributed by atoms with van der Waals surface area (Å²) >= 11 is 0. The molecule has 1 heterocycles. The molecule has 1 rings (SSSR count). The molecule has 16 heavy (non-hydrogen) atoms. The summed E-state index contributed by atoms with van der Waals surface area (Å²) in [5, 5.41) is 18.7. The van der Waals surface area contributed by atoms with Gasteiger partial charge in [0.2, 0.25) is 5.91 Å². The van der Waals surface area contributed by atoms with E-state index in [1.807, 2.05) is 13.0 Å². The van der Waals surface area contributed by atoms with Crippen LogP contribution in [0.1, 0.15) is 32.6 Å². The van der Waals surface area contributed by atoms with E-state index in [1.54, 1.807) is 0 Å². The molecule has 6 heteroatoms. The first-order chi connectivity index (χ1) is 7.51. The Kier molecular flexibility index (Phi) is 6.88. The fraction of sp³-hybridized carbons (Fsp3) is 0.700. The van der Waals surface area contributed by atoms with E-state index in [9.17, 15) is 9.59 Å². The number of amides is 1. The first kappa shape index (κ1) is 14.4. The van der Waals surface area contributed by atoms with Crippen molar-refractivity contribution in [3.63, 3.8) is 0 Å². The average molecular weight is 227 g/mol. The SMILES string of the molecule is CC[C@H](N)CC#N.O=C1CC[C@@H](C(=O)O)N1. The third kappa shape index (κ3) is 5.98. The number of carboxylic acid groups (broad SMARTS) is 1. The summed E-state index contributed by atoms with van der Waals surface area (Å²) in [4.78, 5) is 20.5. The van der Waals surface area contributed by atoms with Crippen molar-refractivity contribution in [2.24, 2.45) is 5.73 Å². The Hall–Kier alpha value is -1.61. The molecular formula is C10H17N3O3. The summed E-state index contributed by atoms with van der Waals surface area (Å²) < 4.78 is 0. The normalized spacial score (nSPS) is 20.1. The Morgan fingerprint density at radius 1 is 1.81 bits per heavy atom. The zero-order chi connectivity index (χ0) is 12.6. The molecule has 2 atom stereocenters. The first-order valence-corrected chi connectivity index (χ1v) is 5.16. The standard InChI is InChI=1S/C5H10N2.C5H7NO3/c1-2-5(7)3-4-6;7-4-2-1-3(6-4)5(8)9/h5H,2-3,7H2,1H3;3H,1-2H2,(H,6,7)(H,8,9)/t5-;3-/m00/s1. The van der Waals surface area contributed by atoms with Crippen LogP contribution in [0.4, 0.5) is 0 Å². The van der Waals surface area contributed by atoms with E-state index in [4.69, 9.17) is 16.1 Å². The first-order valence-electron chi connectivity index (χ1n) is 5.16. The third-order valence-electron chi connectivity index (χ3n) is 2.17. The van der Waals surface area contributed by atoms with Crippen LogP contribution in [0, 0.1) is 11.3 Å². The van der Waals surface area contributed by atoms with Gasteiger partial charge in [0, 0.05) is 12.5 Å². The van der Waals surface area contributed by atoms with Crippen molar-refractivity contribution in [2.45, 2.75) is 44.7 Å². The number of nitrogens with two attached hydrogens (primary N) is 1. The molecule has 4 N–H and O–H groups in total. The van der Waals surface area contributed by atoms with Crippen LogP contribution < -0.4 is 11.1 Å². The highest BCUT2D eigenvalue weighted by Gasteiger charge is 2.26. The number of hydrogen-bond acceptors (Lipinski definition) is 4. The predicted octanol–water partition coefficient (Wildman–Crippen LogP) is -0.0130. The van der Waals surface area contributed by atoms with Gasteiger partial charge in [-0.05, 0) is 12.8 Å². The third-order valence-corrected chi connectivity index (χ3v) is 2.17. The van der Waals surface area contributed by atoms with Gasteiger partial charge in [-0.3, -0.25) is 4.79 Å². The molecule has 0 aromatic carbocycles. The summed E-state index contributed by atoms with van der Waals surface area (Å²) in [6.07, 6.45) is 2.15. The molecule has 0 saturated carbocycles. The number of aliphatic carboxylic acids is 1. The predicted molar refractivity (Wildman–Crippen MR) is 57.3 cm³/mol. The Balaban J connectivity index is 0.000000293. The molecule has 1 fully saturated rings. The summed E-state index contributed by atoms with van der Waals surface area (Å²) in [6, 6.07) is 1.44. The van der Waals surface area contributed by atoms with Crippen LogP contribution in [-0.2, 0) is 9.59 Å². The van der Waals surface area contributed by atoms with Crippen LogP contribution >= 0.6 is 0 Å². The molecule has 0 aliphatic carbocycles. The molecule has 1 saturated heterocycles. The zero-order valence-electron chi connectivity index (χ0n) is 9.27. The van der Waals surface area contributed by atoms with E-state index in [0.29, 0.717) is 19.3 Å². The second-order valence-corrected chi connectivity index (χ2v) is 3.53. The average Bonchev–Trinajstić information content (AvgIpc) is 2.66. The van der Waals surface area contributed by atoms with Gasteiger partial charge in [0.25, 0.3) is 0 Å². The molecule has 1 aliphatic heterocycles. The summed E-state index contributed by atoms with van der Waals surface area (Å²) in [7, 11) is 0. The molecule has 1 aliphatic rings. The Labute approximate surface area is 94.4 Å². The second-order valence-electron chi connectivity index (χ2n) is 3.53. The van der Waals surface area contributed by atoms with Gasteiger partial charge in [-0.2, -0.15) is 5.26 Å². The Morgan fingerprint density at radius 2 is 2.44 bits per heavy atom. The minimum Gasteiger partial charge on any atom is -0.480 e. The molecule has 0 aromatic rings. The molecular weight excluding hydrogens is 210 g/mol. The van der Waals surface area contributed by atoms with E-state index >= 15 is 0 Å². The van der Waals surface area contributed by atoms with Gasteiger partial charge >= 0.3 is 5.97 Å². The van der Waals surface area contributed by atoms with Gasteiger partial charge in [-0.15, -0.1) is 0 Å². The number of hydrogen-bond donors (Lipinski definition) is 3. The summed E-state index contributed by atoms with van der Waals surface area (Å²) in [6.45, 7) is 1.97. The van der Waals surface area contributed by atoms with Gasteiger partial charge in [-0.1, -0.05) is 6.92 Å². The fourth-order valence-electron chi connectivity index (χ4n) is 1.06. The van der Waals surface area contributed by atoms with Gasteiger partial charge in [0.15, 0.2) is 0 Å². The molecule has 0 radical (unpaired) electrons. The Bertz CT molecular complexity index is 286. The lowest BCUT2D eigenvalue weighted by Crippen LogP contribution is -2.32. The number of carbonyl (C=O) groups excluding carboxylic acids is 1. The highest BCUT2D eigenvalue weighted by molar-refractivity contribution is 5.87. The zero-order valence-corrected chi connectivity index (χ0v) is 9.27. The van der Waals surface area contributed by atoms with E-state index in [-0.39, 0.29) is 11.9 Å². The summed E-state index contributed by atoms with van der Waals surface area (Å²) in [5.41, 5.74) is 5.36. The van der Waals surface area contributed by atoms with Crippen molar-refractivity contribution in [1.29, 1.82) is 5.26 Å². The van der Waals surface area contributed by atoms with E-state index < -0.39 is 12.0 Å². The molecule has 0 spiro atoms. The molecule has 90 valence electrons. The molecule has 0 aromatic heterocycles. The largest absolute Gasteiger partial charge is 0.480 e. The smallest absolute Gasteiger partial charge is 0.326 e. The number of carbonyl (C=O) groups is 2. The van der Waals surface area contributed by atoms with Gasteiger partial charge < -0.3 is 16.2 Å². The van der Waals surface area contributed by atoms with Crippen LogP contribution in [0.25, 0.3) is 0 Å². The summed E-state index contributed by atoms with van der Waals surface area (Å²) in [5.74, 6) is -1.11. The maximum atomic E-state index is 10.4. The maximum absolute atomic E-state index is 10.4. The highest BCUT2D eigenvalue weighted by Crippen LogP contribution is 2.05. The van der Waals surface area contributed by atoms with Crippen molar-refractivity contribution in [3.05, 3.63) is 0 Å². The fourth-order valence-corrected chi connectivity index (χ4v) is 1.06. The van der Waals surface area contributed by atoms with Crippen molar-refractivity contribution < 1.29 is 14.7 Å². The maximum Gasteiger partial charge on any atom is 0.326 e. The van der Waals surface area contributed by atoms with E-state index in [1.165, 1.54) is 0 Å². The Morgan fingerprint density at radius 3 is 2.62 bits per heavy atom. The van der Waals surface area contributed by atoms with Gasteiger partial charge in [-0.25, -0.2) is 4.79 Å². The van der Waals surface area contributed by atoms with Gasteiger partial charge in [0.1, 0.15) is 6.04 Å². The van der Waals surface area contributed by atoms with Crippen LogP contribution in [0.3, 0.4) is 0 Å². The number of carboxylic acids is 1. The number of nitriles is 1. The van der Waals surface area contributed by atoms with Crippen LogP contribution in [0.15, 0.2) is 0 Å². The second kappa shape index (κ2) is 7.65. The molecule has 1 amide bonds. The van der Waals surface area contributed by atoms with Crippen molar-refractivity contribution >= 4 is 11.9 Å². The number of nitrogens with one attached hydrogen (secondary N) is 1. The molecule has 0 bridgehead atoms.